The summed E-state index contributed by atoms with van der Waals surface area (Å²) in [6.45, 7) is 9.51. The van der Waals surface area contributed by atoms with E-state index in [0.29, 0.717) is 24.6 Å². The van der Waals surface area contributed by atoms with Gasteiger partial charge in [0, 0.05) is 29.5 Å². The van der Waals surface area contributed by atoms with Crippen molar-refractivity contribution in [3.05, 3.63) is 77.0 Å². The second kappa shape index (κ2) is 15.6. The third kappa shape index (κ3) is 7.75. The number of halogens is 1. The molecule has 0 radical (unpaired) electrons. The molecule has 0 amide bonds. The van der Waals surface area contributed by atoms with Crippen LogP contribution in [-0.4, -0.2) is 53.0 Å². The molecule has 5 aromatic rings. The van der Waals surface area contributed by atoms with Gasteiger partial charge in [-0.25, -0.2) is 9.78 Å². The number of imidazole rings is 1. The number of fused-ring (bicyclic) bond motifs is 1. The van der Waals surface area contributed by atoms with E-state index < -0.39 is 18.2 Å². The largest absolute Gasteiger partial charge is 1.00 e. The van der Waals surface area contributed by atoms with Crippen LogP contribution in [0.4, 0.5) is 0 Å². The summed E-state index contributed by atoms with van der Waals surface area (Å²) in [4.78, 5) is 30.5. The molecule has 0 saturated carbocycles. The summed E-state index contributed by atoms with van der Waals surface area (Å²) in [5.41, 5.74) is 3.78. The molecule has 0 aliphatic rings. The zero-order chi connectivity index (χ0) is 31.4. The van der Waals surface area contributed by atoms with E-state index in [9.17, 15) is 9.59 Å². The number of tetrazole rings is 1. The van der Waals surface area contributed by atoms with Crippen molar-refractivity contribution in [1.82, 2.24) is 34.7 Å². The van der Waals surface area contributed by atoms with Crippen LogP contribution < -0.4 is 51.4 Å². The van der Waals surface area contributed by atoms with Gasteiger partial charge in [-0.05, 0) is 41.5 Å². The number of benzene rings is 2. The number of carbonyl (C=O) groups excluding carboxylic acids is 2. The Hall–Kier alpha value is -2.87. The first-order valence-electron chi connectivity index (χ1n) is 14.8. The number of unbranched alkanes of at least 4 members (excludes halogenated alkanes) is 1. The number of hydrogen-bond donors (Lipinski definition) is 1. The molecule has 0 aliphatic carbocycles. The fraction of sp³-hybridized carbons (Fsp3) is 0.375. The Bertz CT molecular complexity index is 1760. The van der Waals surface area contributed by atoms with Crippen LogP contribution in [0.3, 0.4) is 0 Å². The minimum atomic E-state index is -1.06. The van der Waals surface area contributed by atoms with Gasteiger partial charge in [0.1, 0.15) is 5.82 Å². The third-order valence-corrected chi connectivity index (χ3v) is 7.59. The number of aromatic nitrogens is 7. The van der Waals surface area contributed by atoms with Crippen molar-refractivity contribution in [2.24, 2.45) is 11.8 Å². The number of hydrogen-bond acceptors (Lipinski definition) is 8. The van der Waals surface area contributed by atoms with Gasteiger partial charge in [-0.2, -0.15) is 5.21 Å². The number of aryl methyl sites for hydroxylation is 1. The number of esters is 2. The summed E-state index contributed by atoms with van der Waals surface area (Å²) >= 11 is 6.61. The Morgan fingerprint density at radius 2 is 1.80 bits per heavy atom. The minimum absolute atomic E-state index is 0. The Morgan fingerprint density at radius 1 is 1.02 bits per heavy atom. The van der Waals surface area contributed by atoms with Crippen molar-refractivity contribution in [3.8, 4) is 17.1 Å². The zero-order valence-electron chi connectivity index (χ0n) is 26.5. The van der Waals surface area contributed by atoms with Gasteiger partial charge in [-0.15, -0.1) is 10.2 Å². The maximum absolute atomic E-state index is 13.7. The van der Waals surface area contributed by atoms with E-state index in [-0.39, 0.29) is 74.1 Å². The molecule has 45 heavy (non-hydrogen) atoms. The average Bonchev–Trinajstić information content (AvgIpc) is 3.75. The van der Waals surface area contributed by atoms with E-state index in [4.69, 9.17) is 21.1 Å². The smallest absolute Gasteiger partial charge is 0.425 e. The number of nitrogens with one attached hydrogen (secondary N) is 1. The van der Waals surface area contributed by atoms with Crippen molar-refractivity contribution < 1.29 is 70.4 Å². The molecular formula is C32H36ClKN7O4+. The SMILES string of the molecule is CCCCc1nc(Cl)c(C(=O)OC(OC(=O)C(C)C)C(C)C)n1Cc1cccc2c1ccn2-c1ccccc1-c1nn[nH]n1.[K+]. The third-order valence-electron chi connectivity index (χ3n) is 7.32. The molecule has 0 spiro atoms. The van der Waals surface area contributed by atoms with Gasteiger partial charge >= 0.3 is 63.3 Å². The summed E-state index contributed by atoms with van der Waals surface area (Å²) in [5.74, 6) is -0.592. The van der Waals surface area contributed by atoms with E-state index in [1.807, 2.05) is 73.1 Å². The predicted molar refractivity (Wildman–Crippen MR) is 166 cm³/mol. The first-order chi connectivity index (χ1) is 21.2. The van der Waals surface area contributed by atoms with Crippen LogP contribution in [0.15, 0.2) is 54.7 Å². The van der Waals surface area contributed by atoms with E-state index in [1.54, 1.807) is 13.8 Å². The van der Waals surface area contributed by atoms with Gasteiger partial charge in [-0.3, -0.25) is 4.79 Å². The van der Waals surface area contributed by atoms with E-state index in [0.717, 1.165) is 40.6 Å². The fourth-order valence-electron chi connectivity index (χ4n) is 4.96. The second-order valence-corrected chi connectivity index (χ2v) is 11.6. The Kier molecular flexibility index (Phi) is 12.1. The molecule has 0 aliphatic heterocycles. The number of para-hydroxylation sites is 1. The summed E-state index contributed by atoms with van der Waals surface area (Å²) in [6, 6.07) is 15.9. The monoisotopic (exact) mass is 656 g/mol. The molecule has 230 valence electrons. The van der Waals surface area contributed by atoms with Crippen LogP contribution in [0.2, 0.25) is 5.15 Å². The molecular weight excluding hydrogens is 621 g/mol. The molecule has 11 nitrogen and oxygen atoms in total. The first-order valence-corrected chi connectivity index (χ1v) is 15.2. The van der Waals surface area contributed by atoms with Crippen molar-refractivity contribution in [1.29, 1.82) is 0 Å². The van der Waals surface area contributed by atoms with Gasteiger partial charge in [-0.1, -0.05) is 76.9 Å². The average molecular weight is 657 g/mol. The quantitative estimate of drug-likeness (QED) is 0.123. The summed E-state index contributed by atoms with van der Waals surface area (Å²) in [6.07, 6.45) is 3.39. The second-order valence-electron chi connectivity index (χ2n) is 11.3. The molecule has 3 aromatic heterocycles. The number of rotatable bonds is 12. The standard InChI is InChI=1S/C32H36ClN7O4.K/c1-6-7-15-26-34-28(33)27(31(42)44-32(20(4)5)43-30(41)19(2)3)40(26)18-21-11-10-14-24-22(21)16-17-39(24)25-13-9-8-12-23(25)29-35-37-38-36-29;/h8-14,16-17,19-20,32H,6-7,15,18H2,1-5H3,(H,35,36,37,38);/q;+1. The summed E-state index contributed by atoms with van der Waals surface area (Å²) in [7, 11) is 0. The number of nitrogens with zero attached hydrogens (tertiary/aromatic N) is 6. The zero-order valence-corrected chi connectivity index (χ0v) is 30.3. The van der Waals surface area contributed by atoms with Crippen LogP contribution in [-0.2, 0) is 27.2 Å². The van der Waals surface area contributed by atoms with Gasteiger partial charge in [0.2, 0.25) is 12.1 Å². The van der Waals surface area contributed by atoms with E-state index in [2.05, 4.69) is 37.1 Å². The van der Waals surface area contributed by atoms with Crippen LogP contribution in [0.1, 0.15) is 69.3 Å². The maximum atomic E-state index is 13.7. The molecule has 1 atom stereocenters. The number of aromatic amines is 1. The van der Waals surface area contributed by atoms with Crippen molar-refractivity contribution in [3.63, 3.8) is 0 Å². The topological polar surface area (TPSA) is 130 Å². The molecule has 1 unspecified atom stereocenters. The normalized spacial score (nSPS) is 12.0. The Labute approximate surface area is 309 Å². The molecule has 1 N–H and O–H groups in total. The molecule has 13 heteroatoms. The van der Waals surface area contributed by atoms with Crippen LogP contribution in [0.5, 0.6) is 0 Å². The molecule has 0 saturated heterocycles. The molecule has 2 aromatic carbocycles. The molecule has 3 heterocycles. The van der Waals surface area contributed by atoms with Gasteiger partial charge in [0.15, 0.2) is 10.8 Å². The Balaban J connectivity index is 0.00000461. The molecule has 5 rings (SSSR count). The van der Waals surface area contributed by atoms with Gasteiger partial charge in [0.05, 0.1) is 23.7 Å². The molecule has 0 bridgehead atoms. The van der Waals surface area contributed by atoms with Gasteiger partial charge < -0.3 is 18.6 Å². The first kappa shape index (κ1) is 35.0. The number of carbonyl (C=O) groups is 2. The summed E-state index contributed by atoms with van der Waals surface area (Å²) in [5, 5.41) is 15.6. The van der Waals surface area contributed by atoms with Gasteiger partial charge in [0.25, 0.3) is 0 Å². The molecule has 0 fully saturated rings. The number of ether oxygens (including phenoxy) is 2. The van der Waals surface area contributed by atoms with Crippen LogP contribution >= 0.6 is 11.6 Å². The number of H-pyrrole nitrogens is 1. The van der Waals surface area contributed by atoms with E-state index in [1.165, 1.54) is 0 Å². The maximum Gasteiger partial charge on any atom is 1.00 e. The van der Waals surface area contributed by atoms with Crippen molar-refractivity contribution >= 4 is 34.4 Å². The van der Waals surface area contributed by atoms with E-state index >= 15 is 0 Å². The summed E-state index contributed by atoms with van der Waals surface area (Å²) < 4.78 is 15.1. The van der Waals surface area contributed by atoms with Crippen molar-refractivity contribution in [2.45, 2.75) is 66.7 Å². The fourth-order valence-corrected chi connectivity index (χ4v) is 5.24. The minimum Gasteiger partial charge on any atom is -0.425 e. The Morgan fingerprint density at radius 3 is 2.49 bits per heavy atom. The predicted octanol–water partition coefficient (Wildman–Crippen LogP) is 3.39. The van der Waals surface area contributed by atoms with Crippen LogP contribution in [0.25, 0.3) is 28.0 Å². The van der Waals surface area contributed by atoms with Crippen molar-refractivity contribution in [2.75, 3.05) is 0 Å². The van der Waals surface area contributed by atoms with Crippen LogP contribution in [0, 0.1) is 11.8 Å².